The number of aliphatic hydroxyl groups excluding tert-OH is 2. The molecular weight excluding hydrogens is 616 g/mol. The summed E-state index contributed by atoms with van der Waals surface area (Å²) in [4.78, 5) is 30.0. The van der Waals surface area contributed by atoms with Crippen LogP contribution in [0.15, 0.2) is 36.0 Å². The molecule has 0 aromatic rings. The molecule has 0 aliphatic carbocycles. The van der Waals surface area contributed by atoms with Gasteiger partial charge in [0.05, 0.1) is 42.5 Å². The highest BCUT2D eigenvalue weighted by atomic mass is 16.6. The normalized spacial score (nSPS) is 34.5. The van der Waals surface area contributed by atoms with Gasteiger partial charge in [-0.15, -0.1) is 0 Å². The zero-order chi connectivity index (χ0) is 35.8. The molecule has 3 aliphatic rings. The van der Waals surface area contributed by atoms with Crippen LogP contribution in [0.5, 0.6) is 0 Å². The van der Waals surface area contributed by atoms with Gasteiger partial charge < -0.3 is 39.2 Å². The van der Waals surface area contributed by atoms with Gasteiger partial charge in [-0.25, -0.2) is 4.79 Å². The standard InChI is InChI=1S/C37H62N2O9/c1-10-29(45-9)27(7)35-31(46-35)22-37(8,44)15-11-12-24(4)34-25(5)13-14-30(33(42)26(6)20-28(40)21-32(41)48-34)47-36(43)39-18-16-38(17-19-39)23(2)3/h11-15,23,25-31,33-35,40,42,44H,10,16-22H2,1-9H3/b14-13-,15-11+,24-12+. The lowest BCUT2D eigenvalue weighted by atomic mass is 9.90. The minimum absolute atomic E-state index is 0.0466. The highest BCUT2D eigenvalue weighted by molar-refractivity contribution is 5.70. The van der Waals surface area contributed by atoms with Gasteiger partial charge in [0.15, 0.2) is 0 Å². The lowest BCUT2D eigenvalue weighted by Gasteiger charge is -2.37. The van der Waals surface area contributed by atoms with Crippen molar-refractivity contribution >= 4 is 12.1 Å². The Bertz CT molecular complexity index is 1130. The van der Waals surface area contributed by atoms with Crippen LogP contribution in [0.3, 0.4) is 0 Å². The Hall–Kier alpha value is -2.28. The number of piperazine rings is 1. The molecule has 0 aromatic carbocycles. The quantitative estimate of drug-likeness (QED) is 0.126. The third kappa shape index (κ3) is 11.7. The first-order chi connectivity index (χ1) is 22.6. The van der Waals surface area contributed by atoms with E-state index in [9.17, 15) is 24.9 Å². The van der Waals surface area contributed by atoms with E-state index in [4.69, 9.17) is 18.9 Å². The molecule has 3 heterocycles. The number of carbonyl (C=O) groups is 2. The molecule has 0 spiro atoms. The van der Waals surface area contributed by atoms with E-state index >= 15 is 0 Å². The van der Waals surface area contributed by atoms with E-state index < -0.39 is 48.0 Å². The summed E-state index contributed by atoms with van der Waals surface area (Å²) in [5.74, 6) is -1.13. The van der Waals surface area contributed by atoms with Crippen LogP contribution in [0.25, 0.3) is 0 Å². The highest BCUT2D eigenvalue weighted by Crippen LogP contribution is 2.38. The number of ether oxygens (including phenoxy) is 4. The average Bonchev–Trinajstić information content (AvgIpc) is 3.79. The van der Waals surface area contributed by atoms with Crippen molar-refractivity contribution in [2.45, 2.75) is 135 Å². The summed E-state index contributed by atoms with van der Waals surface area (Å²) < 4.78 is 23.2. The predicted octanol–water partition coefficient (Wildman–Crippen LogP) is 4.25. The van der Waals surface area contributed by atoms with Crippen LogP contribution in [0.1, 0.15) is 81.1 Å². The summed E-state index contributed by atoms with van der Waals surface area (Å²) in [6, 6.07) is 0.394. The van der Waals surface area contributed by atoms with Gasteiger partial charge in [0.1, 0.15) is 12.2 Å². The zero-order valence-electron chi connectivity index (χ0n) is 30.6. The highest BCUT2D eigenvalue weighted by Gasteiger charge is 2.47. The first-order valence-electron chi connectivity index (χ1n) is 17.8. The number of aliphatic hydroxyl groups is 3. The smallest absolute Gasteiger partial charge is 0.410 e. The van der Waals surface area contributed by atoms with Crippen molar-refractivity contribution in [3.63, 3.8) is 0 Å². The van der Waals surface area contributed by atoms with E-state index in [1.54, 1.807) is 56.2 Å². The molecule has 0 radical (unpaired) electrons. The number of cyclic esters (lactones) is 1. The number of allylic oxidation sites excluding steroid dienone is 2. The lowest BCUT2D eigenvalue weighted by Crippen LogP contribution is -2.52. The van der Waals surface area contributed by atoms with Crippen molar-refractivity contribution in [3.8, 4) is 0 Å². The van der Waals surface area contributed by atoms with E-state index in [-0.39, 0.29) is 43.0 Å². The zero-order valence-corrected chi connectivity index (χ0v) is 30.6. The monoisotopic (exact) mass is 678 g/mol. The molecule has 2 fully saturated rings. The van der Waals surface area contributed by atoms with Crippen LogP contribution in [0.2, 0.25) is 0 Å². The summed E-state index contributed by atoms with van der Waals surface area (Å²) in [6.45, 7) is 18.3. The van der Waals surface area contributed by atoms with E-state index in [1.807, 2.05) is 13.8 Å². The van der Waals surface area contributed by atoms with Gasteiger partial charge in [-0.1, -0.05) is 52.0 Å². The molecule has 0 aromatic heterocycles. The van der Waals surface area contributed by atoms with Gasteiger partial charge in [-0.05, 0) is 58.1 Å². The molecule has 11 heteroatoms. The number of esters is 1. The first kappa shape index (κ1) is 40.2. The first-order valence-corrected chi connectivity index (χ1v) is 17.8. The van der Waals surface area contributed by atoms with E-state index in [1.165, 1.54) is 0 Å². The molecule has 3 rings (SSSR count). The number of hydrogen-bond donors (Lipinski definition) is 3. The Labute approximate surface area is 287 Å². The number of methoxy groups -OCH3 is 1. The van der Waals surface area contributed by atoms with Gasteiger partial charge in [-0.2, -0.15) is 0 Å². The summed E-state index contributed by atoms with van der Waals surface area (Å²) in [6.07, 6.45) is 5.82. The number of nitrogens with zero attached hydrogens (tertiary/aromatic N) is 2. The Kier molecular flexibility index (Phi) is 15.1. The number of rotatable bonds is 11. The molecule has 2 saturated heterocycles. The van der Waals surface area contributed by atoms with Crippen LogP contribution in [0, 0.1) is 17.8 Å². The van der Waals surface area contributed by atoms with Crippen LogP contribution in [-0.2, 0) is 23.7 Å². The van der Waals surface area contributed by atoms with Gasteiger partial charge >= 0.3 is 12.1 Å². The summed E-state index contributed by atoms with van der Waals surface area (Å²) in [5.41, 5.74) is -0.390. The number of carbonyl (C=O) groups excluding carboxylic acids is 2. The third-order valence-electron chi connectivity index (χ3n) is 10.2. The van der Waals surface area contributed by atoms with Gasteiger partial charge in [0, 0.05) is 57.6 Å². The largest absolute Gasteiger partial charge is 0.457 e. The average molecular weight is 679 g/mol. The molecule has 1 amide bonds. The number of hydrogen-bond acceptors (Lipinski definition) is 10. The van der Waals surface area contributed by atoms with E-state index in [2.05, 4.69) is 32.6 Å². The van der Waals surface area contributed by atoms with Crippen LogP contribution in [0.4, 0.5) is 4.79 Å². The topological polar surface area (TPSA) is 142 Å². The van der Waals surface area contributed by atoms with Crippen molar-refractivity contribution in [2.24, 2.45) is 17.8 Å². The maximum atomic E-state index is 13.2. The SMILES string of the molecule is CCC(OC)C(C)C1OC1CC(C)(O)/C=C/C=C(\C)C1OC(=O)CC(O)CC(C)C(O)C(OC(=O)N2CCN(C(C)C)CC2)/C=C\C1C. The molecule has 11 nitrogen and oxygen atoms in total. The summed E-state index contributed by atoms with van der Waals surface area (Å²) >= 11 is 0. The Morgan fingerprint density at radius 3 is 2.42 bits per heavy atom. The van der Waals surface area contributed by atoms with Crippen molar-refractivity contribution < 1.29 is 43.9 Å². The molecule has 274 valence electrons. The molecule has 0 saturated carbocycles. The van der Waals surface area contributed by atoms with Gasteiger partial charge in [0.2, 0.25) is 0 Å². The van der Waals surface area contributed by atoms with Crippen LogP contribution in [-0.4, -0.2) is 125 Å². The minimum atomic E-state index is -1.12. The molecule has 48 heavy (non-hydrogen) atoms. The van der Waals surface area contributed by atoms with Gasteiger partial charge in [0.25, 0.3) is 0 Å². The second-order valence-electron chi connectivity index (χ2n) is 14.7. The fourth-order valence-electron chi connectivity index (χ4n) is 6.92. The number of amides is 1. The fraction of sp³-hybridized carbons (Fsp3) is 0.784. The Morgan fingerprint density at radius 2 is 1.81 bits per heavy atom. The molecule has 3 N–H and O–H groups in total. The molecule has 11 atom stereocenters. The van der Waals surface area contributed by atoms with Crippen LogP contribution < -0.4 is 0 Å². The van der Waals surface area contributed by atoms with E-state index in [0.717, 1.165) is 25.1 Å². The predicted molar refractivity (Wildman–Crippen MR) is 184 cm³/mol. The molecular formula is C37H62N2O9. The maximum absolute atomic E-state index is 13.2. The lowest BCUT2D eigenvalue weighted by molar-refractivity contribution is -0.151. The van der Waals surface area contributed by atoms with Crippen molar-refractivity contribution in [1.82, 2.24) is 9.80 Å². The summed E-state index contributed by atoms with van der Waals surface area (Å²) in [5, 5.41) is 33.0. The van der Waals surface area contributed by atoms with Gasteiger partial charge in [-0.3, -0.25) is 9.69 Å². The molecule has 3 aliphatic heterocycles. The minimum Gasteiger partial charge on any atom is -0.457 e. The molecule has 11 unspecified atom stereocenters. The third-order valence-corrected chi connectivity index (χ3v) is 10.2. The second-order valence-corrected chi connectivity index (χ2v) is 14.7. The fourth-order valence-corrected chi connectivity index (χ4v) is 6.92. The number of epoxide rings is 1. The van der Waals surface area contributed by atoms with E-state index in [0.29, 0.717) is 25.6 Å². The second kappa shape index (κ2) is 18.1. The van der Waals surface area contributed by atoms with Crippen LogP contribution >= 0.6 is 0 Å². The maximum Gasteiger partial charge on any atom is 0.410 e. The Balaban J connectivity index is 1.72. The molecule has 0 bridgehead atoms. The van der Waals surface area contributed by atoms with Crippen molar-refractivity contribution in [1.29, 1.82) is 0 Å². The summed E-state index contributed by atoms with van der Waals surface area (Å²) in [7, 11) is 1.71. The van der Waals surface area contributed by atoms with Crippen molar-refractivity contribution in [3.05, 3.63) is 36.0 Å². The van der Waals surface area contributed by atoms with Crippen molar-refractivity contribution in [2.75, 3.05) is 33.3 Å². The Morgan fingerprint density at radius 1 is 1.15 bits per heavy atom.